The Morgan fingerprint density at radius 2 is 1.78 bits per heavy atom. The summed E-state index contributed by atoms with van der Waals surface area (Å²) < 4.78 is 5.49. The van der Waals surface area contributed by atoms with Crippen molar-refractivity contribution in [3.63, 3.8) is 0 Å². The second-order valence-electron chi connectivity index (χ2n) is 5.70. The molecule has 0 saturated carbocycles. The van der Waals surface area contributed by atoms with Gasteiger partial charge in [0.05, 0.1) is 11.5 Å². The number of aryl methyl sites for hydroxylation is 1. The van der Waals surface area contributed by atoms with E-state index in [2.05, 4.69) is 4.98 Å². The molecule has 0 saturated heterocycles. The summed E-state index contributed by atoms with van der Waals surface area (Å²) in [6.45, 7) is 1.47. The Hall–Kier alpha value is -2.97. The maximum Gasteiger partial charge on any atom is 0.328 e. The van der Waals surface area contributed by atoms with Crippen LogP contribution in [-0.2, 0) is 0 Å². The molecule has 0 bridgehead atoms. The van der Waals surface area contributed by atoms with Gasteiger partial charge in [-0.25, -0.2) is 4.79 Å². The SMILES string of the molecule is Cc1cc(=O)c(O)c(C(c2ccc(Cl)cc2Cl)c2c(O)[nH]c(=O)[nH]c2=O)o1. The lowest BCUT2D eigenvalue weighted by molar-refractivity contribution is 0.378. The zero-order valence-electron chi connectivity index (χ0n) is 13.7. The number of aromatic nitrogens is 2. The molecule has 1 atom stereocenters. The van der Waals surface area contributed by atoms with Gasteiger partial charge in [0.15, 0.2) is 5.76 Å². The van der Waals surface area contributed by atoms with Gasteiger partial charge in [-0.3, -0.25) is 19.6 Å². The predicted octanol–water partition coefficient (Wildman–Crippen LogP) is 2.22. The highest BCUT2D eigenvalue weighted by Gasteiger charge is 2.32. The van der Waals surface area contributed by atoms with Gasteiger partial charge in [-0.2, -0.15) is 0 Å². The predicted molar refractivity (Wildman–Crippen MR) is 98.1 cm³/mol. The summed E-state index contributed by atoms with van der Waals surface area (Å²) in [6.07, 6.45) is 0. The standard InChI is InChI=1S/C17H12Cl2N2O6/c1-6-4-10(22)13(23)14(27-6)11(8-3-2-7(18)5-9(8)19)12-15(24)20-17(26)21-16(12)25/h2-5,11,23H,1H3,(H3,20,21,24,25,26). The molecule has 1 aromatic carbocycles. The molecule has 0 aliphatic carbocycles. The van der Waals surface area contributed by atoms with Gasteiger partial charge in [0.25, 0.3) is 5.56 Å². The third kappa shape index (κ3) is 3.49. The smallest absolute Gasteiger partial charge is 0.328 e. The van der Waals surface area contributed by atoms with E-state index < -0.39 is 34.2 Å². The Morgan fingerprint density at radius 1 is 1.07 bits per heavy atom. The largest absolute Gasteiger partial charge is 0.502 e. The van der Waals surface area contributed by atoms with E-state index in [1.54, 1.807) is 0 Å². The zero-order chi connectivity index (χ0) is 19.9. The minimum absolute atomic E-state index is 0.0843. The van der Waals surface area contributed by atoms with Crippen molar-refractivity contribution in [2.45, 2.75) is 12.8 Å². The molecule has 0 aliphatic heterocycles. The van der Waals surface area contributed by atoms with E-state index >= 15 is 0 Å². The van der Waals surface area contributed by atoms with E-state index in [-0.39, 0.29) is 27.7 Å². The third-order valence-corrected chi connectivity index (χ3v) is 4.42. The Kier molecular flexibility index (Phi) is 4.86. The molecule has 3 rings (SSSR count). The van der Waals surface area contributed by atoms with Crippen LogP contribution >= 0.6 is 23.2 Å². The molecule has 2 aromatic heterocycles. The van der Waals surface area contributed by atoms with Gasteiger partial charge in [-0.15, -0.1) is 0 Å². The summed E-state index contributed by atoms with van der Waals surface area (Å²) in [5.41, 5.74) is -2.79. The normalized spacial score (nSPS) is 12.1. The van der Waals surface area contributed by atoms with E-state index in [9.17, 15) is 24.6 Å². The van der Waals surface area contributed by atoms with Gasteiger partial charge in [-0.05, 0) is 24.6 Å². The van der Waals surface area contributed by atoms with E-state index in [0.717, 1.165) is 6.07 Å². The maximum atomic E-state index is 12.4. The minimum Gasteiger partial charge on any atom is -0.502 e. The van der Waals surface area contributed by atoms with Crippen molar-refractivity contribution in [3.05, 3.63) is 88.0 Å². The first-order valence-corrected chi connectivity index (χ1v) is 8.28. The molecule has 140 valence electrons. The maximum absolute atomic E-state index is 12.4. The van der Waals surface area contributed by atoms with Crippen LogP contribution in [0.25, 0.3) is 0 Å². The van der Waals surface area contributed by atoms with Crippen molar-refractivity contribution in [2.24, 2.45) is 0 Å². The minimum atomic E-state index is -1.30. The number of aromatic hydroxyl groups is 2. The van der Waals surface area contributed by atoms with Gasteiger partial charge >= 0.3 is 5.69 Å². The summed E-state index contributed by atoms with van der Waals surface area (Å²) >= 11 is 12.1. The fourth-order valence-electron chi connectivity index (χ4n) is 2.74. The molecule has 1 unspecified atom stereocenters. The number of nitrogens with one attached hydrogen (secondary N) is 2. The highest BCUT2D eigenvalue weighted by Crippen LogP contribution is 2.40. The number of benzene rings is 1. The fourth-order valence-corrected chi connectivity index (χ4v) is 3.25. The monoisotopic (exact) mass is 410 g/mol. The summed E-state index contributed by atoms with van der Waals surface area (Å²) in [4.78, 5) is 39.9. The zero-order valence-corrected chi connectivity index (χ0v) is 15.2. The summed E-state index contributed by atoms with van der Waals surface area (Å²) in [5.74, 6) is -2.99. The molecule has 0 fully saturated rings. The van der Waals surface area contributed by atoms with Crippen LogP contribution in [0.5, 0.6) is 11.6 Å². The first-order chi connectivity index (χ1) is 12.7. The third-order valence-electron chi connectivity index (χ3n) is 3.86. The average Bonchev–Trinajstić information content (AvgIpc) is 2.55. The van der Waals surface area contributed by atoms with Gasteiger partial charge in [0, 0.05) is 16.1 Å². The number of aromatic amines is 2. The Morgan fingerprint density at radius 3 is 2.41 bits per heavy atom. The van der Waals surface area contributed by atoms with Crippen molar-refractivity contribution >= 4 is 23.2 Å². The molecule has 2 heterocycles. The van der Waals surface area contributed by atoms with Crippen LogP contribution in [0.4, 0.5) is 0 Å². The van der Waals surface area contributed by atoms with Crippen molar-refractivity contribution in [3.8, 4) is 11.6 Å². The van der Waals surface area contributed by atoms with E-state index in [4.69, 9.17) is 27.6 Å². The van der Waals surface area contributed by atoms with Crippen molar-refractivity contribution in [1.82, 2.24) is 9.97 Å². The summed E-state index contributed by atoms with van der Waals surface area (Å²) in [7, 11) is 0. The summed E-state index contributed by atoms with van der Waals surface area (Å²) in [5, 5.41) is 20.8. The van der Waals surface area contributed by atoms with Crippen molar-refractivity contribution in [1.29, 1.82) is 0 Å². The number of hydrogen-bond donors (Lipinski definition) is 4. The number of H-pyrrole nitrogens is 2. The molecular weight excluding hydrogens is 399 g/mol. The van der Waals surface area contributed by atoms with E-state index in [1.165, 1.54) is 25.1 Å². The van der Waals surface area contributed by atoms with Gasteiger partial charge in [0.2, 0.25) is 17.1 Å². The van der Waals surface area contributed by atoms with Crippen molar-refractivity contribution < 1.29 is 14.6 Å². The Bertz CT molecular complexity index is 1210. The molecule has 4 N–H and O–H groups in total. The van der Waals surface area contributed by atoms with Gasteiger partial charge in [0.1, 0.15) is 5.76 Å². The molecule has 0 spiro atoms. The average molecular weight is 411 g/mol. The lowest BCUT2D eigenvalue weighted by Crippen LogP contribution is -2.28. The molecule has 10 heteroatoms. The van der Waals surface area contributed by atoms with Crippen LogP contribution in [0.1, 0.15) is 28.6 Å². The van der Waals surface area contributed by atoms with Gasteiger partial charge < -0.3 is 14.6 Å². The van der Waals surface area contributed by atoms with Crippen LogP contribution < -0.4 is 16.7 Å². The number of rotatable bonds is 3. The fraction of sp³-hybridized carbons (Fsp3) is 0.118. The second kappa shape index (κ2) is 6.98. The lowest BCUT2D eigenvalue weighted by Gasteiger charge is -2.19. The lowest BCUT2D eigenvalue weighted by atomic mass is 9.89. The first-order valence-electron chi connectivity index (χ1n) is 7.53. The molecule has 0 aliphatic rings. The topological polar surface area (TPSA) is 136 Å². The second-order valence-corrected chi connectivity index (χ2v) is 6.55. The molecule has 0 amide bonds. The van der Waals surface area contributed by atoms with Crippen LogP contribution in [-0.4, -0.2) is 20.2 Å². The van der Waals surface area contributed by atoms with Gasteiger partial charge in [-0.1, -0.05) is 29.3 Å². The van der Waals surface area contributed by atoms with Crippen LogP contribution in [0.3, 0.4) is 0 Å². The number of hydrogen-bond acceptors (Lipinski definition) is 6. The van der Waals surface area contributed by atoms with Crippen molar-refractivity contribution in [2.75, 3.05) is 0 Å². The Labute approximate surface area is 160 Å². The van der Waals surface area contributed by atoms with Crippen LogP contribution in [0.2, 0.25) is 10.0 Å². The van der Waals surface area contributed by atoms with Crippen LogP contribution in [0, 0.1) is 6.92 Å². The quantitative estimate of drug-likeness (QED) is 0.522. The Balaban J connectivity index is 2.44. The number of halogens is 2. The van der Waals surface area contributed by atoms with Crippen LogP contribution in [0.15, 0.2) is 43.1 Å². The first kappa shape index (κ1) is 18.8. The molecule has 27 heavy (non-hydrogen) atoms. The van der Waals surface area contributed by atoms with E-state index in [0.29, 0.717) is 5.02 Å². The summed E-state index contributed by atoms with van der Waals surface area (Å²) in [6, 6.07) is 5.36. The van der Waals surface area contributed by atoms with E-state index in [1.807, 2.05) is 4.98 Å². The highest BCUT2D eigenvalue weighted by molar-refractivity contribution is 6.35. The molecule has 0 radical (unpaired) electrons. The molecule has 8 nitrogen and oxygen atoms in total. The molecule has 3 aromatic rings. The molecular formula is C17H12Cl2N2O6. The highest BCUT2D eigenvalue weighted by atomic mass is 35.5.